The van der Waals surface area contributed by atoms with E-state index in [1.807, 2.05) is 30.5 Å². The first-order valence-corrected chi connectivity index (χ1v) is 6.83. The number of benzene rings is 1. The molecule has 0 spiro atoms. The predicted molar refractivity (Wildman–Crippen MR) is 88.6 cm³/mol. The van der Waals surface area contributed by atoms with Crippen LogP contribution in [0.2, 0.25) is 5.02 Å². The number of aryl methyl sites for hydroxylation is 2. The molecule has 1 N–H and O–H groups in total. The molecule has 3 nitrogen and oxygen atoms in total. The fraction of sp³-hybridized carbons (Fsp3) is 0.188. The number of rotatable bonds is 3. The first-order chi connectivity index (χ1) is 9.65. The molecule has 2 heterocycles. The minimum absolute atomic E-state index is 0. The van der Waals surface area contributed by atoms with Gasteiger partial charge in [-0.25, -0.2) is 0 Å². The lowest BCUT2D eigenvalue weighted by Crippen LogP contribution is -1.96. The minimum atomic E-state index is 0. The summed E-state index contributed by atoms with van der Waals surface area (Å²) >= 11 is 5.87. The van der Waals surface area contributed by atoms with Crippen LogP contribution in [0.4, 0.5) is 0 Å². The highest BCUT2D eigenvalue weighted by molar-refractivity contribution is 6.30. The van der Waals surface area contributed by atoms with Crippen molar-refractivity contribution in [2.75, 3.05) is 0 Å². The van der Waals surface area contributed by atoms with E-state index in [4.69, 9.17) is 16.3 Å². The van der Waals surface area contributed by atoms with Crippen molar-refractivity contribution in [3.05, 3.63) is 58.5 Å². The molecule has 0 atom stereocenters. The molecule has 3 aromatic rings. The summed E-state index contributed by atoms with van der Waals surface area (Å²) in [6, 6.07) is 7.65. The van der Waals surface area contributed by atoms with Gasteiger partial charge in [0.2, 0.25) is 0 Å². The van der Waals surface area contributed by atoms with Crippen LogP contribution in [0.5, 0.6) is 5.75 Å². The Morgan fingerprint density at radius 1 is 1.14 bits per heavy atom. The molecule has 0 aliphatic carbocycles. The molecule has 3 rings (SSSR count). The Hall–Kier alpha value is -1.71. The lowest BCUT2D eigenvalue weighted by Gasteiger charge is -2.07. The van der Waals surface area contributed by atoms with Crippen LogP contribution in [0.3, 0.4) is 0 Å². The van der Waals surface area contributed by atoms with Crippen molar-refractivity contribution >= 4 is 34.9 Å². The highest BCUT2D eigenvalue weighted by Crippen LogP contribution is 2.28. The average Bonchev–Trinajstić information content (AvgIpc) is 2.75. The number of nitrogens with one attached hydrogen (secondary N) is 1. The van der Waals surface area contributed by atoms with E-state index in [0.717, 1.165) is 32.9 Å². The number of hydrogen-bond donors (Lipinski definition) is 1. The van der Waals surface area contributed by atoms with Crippen LogP contribution < -0.4 is 4.74 Å². The van der Waals surface area contributed by atoms with Gasteiger partial charge in [-0.3, -0.25) is 4.98 Å². The molecule has 0 fully saturated rings. The first-order valence-electron chi connectivity index (χ1n) is 6.45. The fourth-order valence-corrected chi connectivity index (χ4v) is 2.31. The molecule has 0 amide bonds. The van der Waals surface area contributed by atoms with Gasteiger partial charge in [0, 0.05) is 22.3 Å². The van der Waals surface area contributed by atoms with Crippen molar-refractivity contribution in [3.63, 3.8) is 0 Å². The molecule has 0 aliphatic heterocycles. The van der Waals surface area contributed by atoms with Gasteiger partial charge in [0.25, 0.3) is 0 Å². The summed E-state index contributed by atoms with van der Waals surface area (Å²) in [5.74, 6) is 0.772. The van der Waals surface area contributed by atoms with Crippen molar-refractivity contribution in [1.82, 2.24) is 9.97 Å². The largest absolute Gasteiger partial charge is 0.485 e. The number of fused-ring (bicyclic) bond motifs is 1. The molecular weight excluding hydrogens is 307 g/mol. The van der Waals surface area contributed by atoms with Gasteiger partial charge < -0.3 is 9.72 Å². The van der Waals surface area contributed by atoms with E-state index in [2.05, 4.69) is 23.8 Å². The van der Waals surface area contributed by atoms with E-state index >= 15 is 0 Å². The van der Waals surface area contributed by atoms with E-state index < -0.39 is 0 Å². The number of nitrogens with zero attached hydrogens (tertiary/aromatic N) is 1. The highest BCUT2D eigenvalue weighted by Gasteiger charge is 2.09. The zero-order valence-electron chi connectivity index (χ0n) is 11.8. The molecule has 0 saturated carbocycles. The number of aromatic nitrogens is 2. The second kappa shape index (κ2) is 6.37. The molecule has 0 unspecified atom stereocenters. The van der Waals surface area contributed by atoms with Crippen LogP contribution >= 0.6 is 24.0 Å². The number of aromatic amines is 1. The molecular formula is C16H16Cl2N2O. The van der Waals surface area contributed by atoms with Gasteiger partial charge in [-0.2, -0.15) is 0 Å². The Kier molecular flexibility index (Phi) is 4.76. The van der Waals surface area contributed by atoms with E-state index in [9.17, 15) is 0 Å². The van der Waals surface area contributed by atoms with E-state index in [0.29, 0.717) is 6.61 Å². The number of ether oxygens (including phenoxy) is 1. The van der Waals surface area contributed by atoms with Crippen molar-refractivity contribution < 1.29 is 4.74 Å². The lowest BCUT2D eigenvalue weighted by molar-refractivity contribution is 0.308. The topological polar surface area (TPSA) is 37.9 Å². The summed E-state index contributed by atoms with van der Waals surface area (Å²) in [5.41, 5.74) is 4.43. The number of halogens is 2. The quantitative estimate of drug-likeness (QED) is 0.749. The molecule has 5 heteroatoms. The summed E-state index contributed by atoms with van der Waals surface area (Å²) in [5, 5.41) is 1.84. The van der Waals surface area contributed by atoms with Crippen molar-refractivity contribution in [3.8, 4) is 5.75 Å². The van der Waals surface area contributed by atoms with E-state index in [1.165, 1.54) is 5.56 Å². The third-order valence-corrected chi connectivity index (χ3v) is 3.75. The molecule has 0 saturated heterocycles. The SMILES string of the molecule is Cc1[nH]c2c(OCc3ccc(Cl)cc3)cncc2c1C.Cl. The molecule has 2 aromatic heterocycles. The smallest absolute Gasteiger partial charge is 0.162 e. The Labute approximate surface area is 134 Å². The monoisotopic (exact) mass is 322 g/mol. The van der Waals surface area contributed by atoms with Crippen LogP contribution in [0, 0.1) is 13.8 Å². The standard InChI is InChI=1S/C16H15ClN2O.ClH/c1-10-11(2)19-16-14(10)7-18-8-15(16)20-9-12-3-5-13(17)6-4-12;/h3-8,19H,9H2,1-2H3;1H. The molecule has 0 radical (unpaired) electrons. The Morgan fingerprint density at radius 3 is 2.57 bits per heavy atom. The van der Waals surface area contributed by atoms with E-state index in [-0.39, 0.29) is 12.4 Å². The molecule has 21 heavy (non-hydrogen) atoms. The Bertz CT molecular complexity index is 751. The average molecular weight is 323 g/mol. The molecule has 1 aromatic carbocycles. The van der Waals surface area contributed by atoms with Gasteiger partial charge >= 0.3 is 0 Å². The van der Waals surface area contributed by atoms with Crippen LogP contribution in [-0.2, 0) is 6.61 Å². The normalized spacial score (nSPS) is 10.4. The van der Waals surface area contributed by atoms with Gasteiger partial charge in [-0.05, 0) is 37.1 Å². The zero-order valence-corrected chi connectivity index (χ0v) is 13.4. The van der Waals surface area contributed by atoms with Crippen LogP contribution in [-0.4, -0.2) is 9.97 Å². The van der Waals surface area contributed by atoms with Gasteiger partial charge in [-0.15, -0.1) is 12.4 Å². The first kappa shape index (κ1) is 15.7. The Morgan fingerprint density at radius 2 is 1.86 bits per heavy atom. The van der Waals surface area contributed by atoms with Gasteiger partial charge in [0.05, 0.1) is 11.7 Å². The summed E-state index contributed by atoms with van der Waals surface area (Å²) < 4.78 is 5.88. The summed E-state index contributed by atoms with van der Waals surface area (Å²) in [6.45, 7) is 4.63. The number of H-pyrrole nitrogens is 1. The maximum Gasteiger partial charge on any atom is 0.162 e. The molecule has 110 valence electrons. The number of pyridine rings is 1. The maximum atomic E-state index is 5.88. The van der Waals surface area contributed by atoms with Crippen molar-refractivity contribution in [2.45, 2.75) is 20.5 Å². The van der Waals surface area contributed by atoms with E-state index in [1.54, 1.807) is 6.20 Å². The fourth-order valence-electron chi connectivity index (χ4n) is 2.19. The Balaban J connectivity index is 0.00000161. The third-order valence-electron chi connectivity index (χ3n) is 3.50. The summed E-state index contributed by atoms with van der Waals surface area (Å²) in [7, 11) is 0. The van der Waals surface area contributed by atoms with Gasteiger partial charge in [0.1, 0.15) is 6.61 Å². The van der Waals surface area contributed by atoms with Crippen LogP contribution in [0.1, 0.15) is 16.8 Å². The third kappa shape index (κ3) is 3.14. The van der Waals surface area contributed by atoms with Gasteiger partial charge in [0.15, 0.2) is 5.75 Å². The molecule has 0 bridgehead atoms. The van der Waals surface area contributed by atoms with Crippen LogP contribution in [0.25, 0.3) is 10.9 Å². The predicted octanol–water partition coefficient (Wildman–Crippen LogP) is 4.83. The highest BCUT2D eigenvalue weighted by atomic mass is 35.5. The van der Waals surface area contributed by atoms with Crippen molar-refractivity contribution in [1.29, 1.82) is 0 Å². The zero-order chi connectivity index (χ0) is 14.1. The second-order valence-electron chi connectivity index (χ2n) is 4.85. The van der Waals surface area contributed by atoms with Gasteiger partial charge in [-0.1, -0.05) is 23.7 Å². The summed E-state index contributed by atoms with van der Waals surface area (Å²) in [4.78, 5) is 7.60. The summed E-state index contributed by atoms with van der Waals surface area (Å²) in [6.07, 6.45) is 3.61. The molecule has 0 aliphatic rings. The maximum absolute atomic E-state index is 5.88. The van der Waals surface area contributed by atoms with Crippen LogP contribution in [0.15, 0.2) is 36.7 Å². The number of hydrogen-bond acceptors (Lipinski definition) is 2. The second-order valence-corrected chi connectivity index (χ2v) is 5.29. The lowest BCUT2D eigenvalue weighted by atomic mass is 10.2. The minimum Gasteiger partial charge on any atom is -0.485 e. The van der Waals surface area contributed by atoms with Crippen molar-refractivity contribution in [2.24, 2.45) is 0 Å².